The Bertz CT molecular complexity index is 1580. The fraction of sp³-hybridized carbons (Fsp3) is 0.167. The van der Waals surface area contributed by atoms with E-state index in [0.29, 0.717) is 33.3 Å². The van der Waals surface area contributed by atoms with E-state index in [-0.39, 0.29) is 17.7 Å². The maximum atomic E-state index is 14.0. The number of benzene rings is 2. The number of carbonyl (C=O) groups is 3. The van der Waals surface area contributed by atoms with Crippen LogP contribution in [0.5, 0.6) is 0 Å². The fourth-order valence-corrected chi connectivity index (χ4v) is 5.48. The lowest BCUT2D eigenvalue weighted by molar-refractivity contribution is -0.117. The number of thiazole rings is 1. The monoisotopic (exact) mass is 539 g/mol. The number of aromatic nitrogens is 2. The van der Waals surface area contributed by atoms with Gasteiger partial charge in [-0.15, -0.1) is 11.3 Å². The molecule has 0 saturated carbocycles. The highest BCUT2D eigenvalue weighted by atomic mass is 32.1. The zero-order chi connectivity index (χ0) is 27.5. The van der Waals surface area contributed by atoms with E-state index in [2.05, 4.69) is 9.97 Å². The summed E-state index contributed by atoms with van der Waals surface area (Å²) in [5, 5.41) is 11.8. The summed E-state index contributed by atoms with van der Waals surface area (Å²) in [7, 11) is 0. The van der Waals surface area contributed by atoms with Crippen LogP contribution in [0.1, 0.15) is 50.7 Å². The standard InChI is InChI=1S/C30H25N3O5S/c1-3-15-38-30(37)20-11-7-13-22(16-20)33-24(21-12-8-14-31-17-21)23(26(35)29(33)36)25(34)27-18(2)32-28(39-27)19-9-5-4-6-10-19/h4-14,16-17,24,35H,3,15H2,1-2H3. The number of hydrogen-bond donors (Lipinski definition) is 1. The van der Waals surface area contributed by atoms with E-state index in [1.807, 2.05) is 37.3 Å². The summed E-state index contributed by atoms with van der Waals surface area (Å²) < 4.78 is 5.25. The highest BCUT2D eigenvalue weighted by Gasteiger charge is 2.45. The average Bonchev–Trinajstić information content (AvgIpc) is 3.49. The third-order valence-electron chi connectivity index (χ3n) is 6.27. The van der Waals surface area contributed by atoms with Gasteiger partial charge in [-0.3, -0.25) is 19.5 Å². The molecule has 1 aliphatic rings. The van der Waals surface area contributed by atoms with Gasteiger partial charge in [-0.05, 0) is 43.2 Å². The predicted molar refractivity (Wildman–Crippen MR) is 148 cm³/mol. The molecule has 1 aliphatic heterocycles. The Morgan fingerprint density at radius 3 is 2.59 bits per heavy atom. The van der Waals surface area contributed by atoms with Crippen molar-refractivity contribution in [2.45, 2.75) is 26.3 Å². The number of carbonyl (C=O) groups excluding carboxylic acids is 3. The van der Waals surface area contributed by atoms with Gasteiger partial charge < -0.3 is 9.84 Å². The maximum absolute atomic E-state index is 14.0. The largest absolute Gasteiger partial charge is 0.503 e. The molecule has 4 aromatic rings. The van der Waals surface area contributed by atoms with Crippen molar-refractivity contribution in [2.75, 3.05) is 11.5 Å². The molecule has 0 fully saturated rings. The lowest BCUT2D eigenvalue weighted by Gasteiger charge is -2.27. The van der Waals surface area contributed by atoms with E-state index in [4.69, 9.17) is 4.74 Å². The quantitative estimate of drug-likeness (QED) is 0.220. The number of nitrogens with zero attached hydrogens (tertiary/aromatic N) is 3. The molecular formula is C30H25N3O5S. The van der Waals surface area contributed by atoms with Crippen LogP contribution in [0, 0.1) is 6.92 Å². The molecule has 8 nitrogen and oxygen atoms in total. The van der Waals surface area contributed by atoms with E-state index >= 15 is 0 Å². The number of ketones is 1. The van der Waals surface area contributed by atoms with E-state index in [1.54, 1.807) is 49.6 Å². The molecule has 9 heteroatoms. The molecule has 2 aromatic heterocycles. The smallest absolute Gasteiger partial charge is 0.338 e. The van der Waals surface area contributed by atoms with Crippen molar-refractivity contribution in [3.63, 3.8) is 0 Å². The molecule has 1 N–H and O–H groups in total. The number of anilines is 1. The first-order chi connectivity index (χ1) is 18.9. The van der Waals surface area contributed by atoms with Crippen LogP contribution in [0.2, 0.25) is 0 Å². The Morgan fingerprint density at radius 1 is 1.08 bits per heavy atom. The molecule has 2 aromatic carbocycles. The lowest BCUT2D eigenvalue weighted by Crippen LogP contribution is -2.31. The number of rotatable bonds is 8. The van der Waals surface area contributed by atoms with Crippen LogP contribution in [0.15, 0.2) is 90.5 Å². The molecule has 0 spiro atoms. The molecule has 0 bridgehead atoms. The number of pyridine rings is 1. The van der Waals surface area contributed by atoms with E-state index < -0.39 is 29.5 Å². The second-order valence-corrected chi connectivity index (χ2v) is 9.94. The van der Waals surface area contributed by atoms with Crippen LogP contribution in [-0.4, -0.2) is 39.3 Å². The summed E-state index contributed by atoms with van der Waals surface area (Å²) in [6.45, 7) is 3.89. The number of hydrogen-bond acceptors (Lipinski definition) is 8. The first-order valence-corrected chi connectivity index (χ1v) is 13.2. The van der Waals surface area contributed by atoms with Crippen molar-refractivity contribution in [2.24, 2.45) is 0 Å². The number of esters is 1. The highest BCUT2D eigenvalue weighted by molar-refractivity contribution is 7.17. The minimum Gasteiger partial charge on any atom is -0.503 e. The molecule has 196 valence electrons. The van der Waals surface area contributed by atoms with Crippen molar-refractivity contribution in [3.8, 4) is 10.6 Å². The van der Waals surface area contributed by atoms with Crippen molar-refractivity contribution in [1.29, 1.82) is 0 Å². The highest BCUT2D eigenvalue weighted by Crippen LogP contribution is 2.43. The number of aliphatic hydroxyl groups is 1. The topological polar surface area (TPSA) is 110 Å². The minimum absolute atomic E-state index is 0.0710. The average molecular weight is 540 g/mol. The van der Waals surface area contributed by atoms with Gasteiger partial charge in [-0.2, -0.15) is 0 Å². The predicted octanol–water partition coefficient (Wildman–Crippen LogP) is 5.86. The molecule has 1 unspecified atom stereocenters. The van der Waals surface area contributed by atoms with Gasteiger partial charge in [-0.25, -0.2) is 9.78 Å². The molecule has 0 aliphatic carbocycles. The second-order valence-electron chi connectivity index (χ2n) is 8.94. The zero-order valence-corrected chi connectivity index (χ0v) is 22.1. The van der Waals surface area contributed by atoms with Crippen LogP contribution >= 0.6 is 11.3 Å². The molecule has 0 radical (unpaired) electrons. The summed E-state index contributed by atoms with van der Waals surface area (Å²) in [4.78, 5) is 50.4. The van der Waals surface area contributed by atoms with Crippen molar-refractivity contribution < 1.29 is 24.2 Å². The summed E-state index contributed by atoms with van der Waals surface area (Å²) in [6.07, 6.45) is 3.80. The van der Waals surface area contributed by atoms with Crippen LogP contribution in [0.4, 0.5) is 5.69 Å². The Kier molecular flexibility index (Phi) is 7.33. The Morgan fingerprint density at radius 2 is 1.87 bits per heavy atom. The first-order valence-electron chi connectivity index (χ1n) is 12.4. The third-order valence-corrected chi connectivity index (χ3v) is 7.48. The normalized spacial score (nSPS) is 15.1. The van der Waals surface area contributed by atoms with Crippen LogP contribution in [0.25, 0.3) is 10.6 Å². The fourth-order valence-electron chi connectivity index (χ4n) is 4.45. The number of ether oxygens (including phenoxy) is 1. The van der Waals surface area contributed by atoms with E-state index in [9.17, 15) is 19.5 Å². The van der Waals surface area contributed by atoms with Gasteiger partial charge in [0.2, 0.25) is 5.78 Å². The lowest BCUT2D eigenvalue weighted by atomic mass is 9.96. The van der Waals surface area contributed by atoms with Crippen molar-refractivity contribution in [3.05, 3.63) is 112 Å². The Labute approximate surface area is 229 Å². The first kappa shape index (κ1) is 26.0. The molecular weight excluding hydrogens is 514 g/mol. The molecule has 1 amide bonds. The number of amides is 1. The van der Waals surface area contributed by atoms with E-state index in [1.165, 1.54) is 22.3 Å². The van der Waals surface area contributed by atoms with Gasteiger partial charge in [-0.1, -0.05) is 49.4 Å². The van der Waals surface area contributed by atoms with Gasteiger partial charge in [0.15, 0.2) is 5.76 Å². The van der Waals surface area contributed by atoms with Crippen LogP contribution in [-0.2, 0) is 9.53 Å². The second kappa shape index (κ2) is 11.0. The summed E-state index contributed by atoms with van der Waals surface area (Å²) >= 11 is 1.21. The zero-order valence-electron chi connectivity index (χ0n) is 21.3. The number of aryl methyl sites for hydroxylation is 1. The molecule has 5 rings (SSSR count). The number of aliphatic hydroxyl groups excluding tert-OH is 1. The SMILES string of the molecule is CCCOC(=O)c1cccc(N2C(=O)C(O)=C(C(=O)c3sc(-c4ccccc4)nc3C)C2c2cccnc2)c1. The minimum atomic E-state index is -0.970. The van der Waals surface area contributed by atoms with Crippen LogP contribution < -0.4 is 4.90 Å². The molecule has 39 heavy (non-hydrogen) atoms. The van der Waals surface area contributed by atoms with Crippen molar-refractivity contribution in [1.82, 2.24) is 9.97 Å². The third kappa shape index (κ3) is 4.96. The van der Waals surface area contributed by atoms with Crippen LogP contribution in [0.3, 0.4) is 0 Å². The van der Waals surface area contributed by atoms with Crippen molar-refractivity contribution >= 4 is 34.7 Å². The van der Waals surface area contributed by atoms with Gasteiger partial charge in [0.05, 0.1) is 34.4 Å². The number of Topliss-reactive ketones (excluding diaryl/α,β-unsaturated/α-hetero) is 1. The summed E-state index contributed by atoms with van der Waals surface area (Å²) in [6, 6.07) is 18.3. The maximum Gasteiger partial charge on any atom is 0.338 e. The summed E-state index contributed by atoms with van der Waals surface area (Å²) in [5.41, 5.74) is 2.41. The molecule has 0 saturated heterocycles. The van der Waals surface area contributed by atoms with Gasteiger partial charge in [0.1, 0.15) is 5.01 Å². The Balaban J connectivity index is 1.58. The van der Waals surface area contributed by atoms with E-state index in [0.717, 1.165) is 5.56 Å². The Hall–Kier alpha value is -4.63. The van der Waals surface area contributed by atoms with Gasteiger partial charge in [0, 0.05) is 23.6 Å². The summed E-state index contributed by atoms with van der Waals surface area (Å²) in [5.74, 6) is -2.42. The van der Waals surface area contributed by atoms with Gasteiger partial charge in [0.25, 0.3) is 5.91 Å². The molecule has 1 atom stereocenters. The molecule has 3 heterocycles. The van der Waals surface area contributed by atoms with Gasteiger partial charge >= 0.3 is 5.97 Å².